The molecule has 0 fully saturated rings. The topological polar surface area (TPSA) is 48.3 Å². The summed E-state index contributed by atoms with van der Waals surface area (Å²) in [5, 5.41) is 10.00. The summed E-state index contributed by atoms with van der Waals surface area (Å²) in [7, 11) is 3.40. The Balaban J connectivity index is 2.40. The van der Waals surface area contributed by atoms with Gasteiger partial charge in [0, 0.05) is 7.11 Å². The first-order valence-corrected chi connectivity index (χ1v) is 8.45. The third kappa shape index (κ3) is 3.66. The Kier molecular flexibility index (Phi) is 6.22. The molecule has 0 aliphatic carbocycles. The molecule has 7 heteroatoms. The van der Waals surface area contributed by atoms with Crippen LogP contribution in [0.15, 0.2) is 22.1 Å². The van der Waals surface area contributed by atoms with Gasteiger partial charge >= 0.3 is 0 Å². The second-order valence-corrected chi connectivity index (χ2v) is 6.24. The Labute approximate surface area is 137 Å². The Bertz CT molecular complexity index is 570. The highest BCUT2D eigenvalue weighted by Gasteiger charge is 2.25. The SMILES string of the molecule is CCNC(c1sccc1OC)c1c(Br)cnn1CCOC. The third-order valence-electron chi connectivity index (χ3n) is 3.16. The van der Waals surface area contributed by atoms with Gasteiger partial charge in [-0.05, 0) is 33.9 Å². The fourth-order valence-corrected chi connectivity index (χ4v) is 3.68. The number of nitrogens with zero attached hydrogens (tertiary/aromatic N) is 2. The summed E-state index contributed by atoms with van der Waals surface area (Å²) in [6.07, 6.45) is 1.83. The number of hydrogen-bond donors (Lipinski definition) is 1. The van der Waals surface area contributed by atoms with Gasteiger partial charge < -0.3 is 14.8 Å². The molecule has 2 aromatic rings. The first-order valence-electron chi connectivity index (χ1n) is 6.77. The largest absolute Gasteiger partial charge is 0.496 e. The van der Waals surface area contributed by atoms with Crippen LogP contribution in [0.25, 0.3) is 0 Å². The molecule has 1 atom stereocenters. The van der Waals surface area contributed by atoms with Crippen LogP contribution in [0.1, 0.15) is 23.5 Å². The van der Waals surface area contributed by atoms with E-state index in [1.165, 1.54) is 0 Å². The van der Waals surface area contributed by atoms with Gasteiger partial charge in [0.25, 0.3) is 0 Å². The zero-order valence-electron chi connectivity index (χ0n) is 12.4. The molecular formula is C14H20BrN3O2S. The molecule has 2 rings (SSSR count). The van der Waals surface area contributed by atoms with E-state index >= 15 is 0 Å². The second kappa shape index (κ2) is 7.93. The lowest BCUT2D eigenvalue weighted by Crippen LogP contribution is -2.25. The molecule has 0 aliphatic rings. The van der Waals surface area contributed by atoms with Gasteiger partial charge in [-0.15, -0.1) is 11.3 Å². The van der Waals surface area contributed by atoms with E-state index in [1.54, 1.807) is 25.6 Å². The molecule has 0 aliphatic heterocycles. The number of aromatic nitrogens is 2. The van der Waals surface area contributed by atoms with E-state index in [0.29, 0.717) is 13.2 Å². The van der Waals surface area contributed by atoms with Crippen molar-refractivity contribution in [1.82, 2.24) is 15.1 Å². The van der Waals surface area contributed by atoms with Gasteiger partial charge in [-0.25, -0.2) is 0 Å². The fourth-order valence-electron chi connectivity index (χ4n) is 2.22. The molecular weight excluding hydrogens is 354 g/mol. The van der Waals surface area contributed by atoms with Crippen LogP contribution in [0.4, 0.5) is 0 Å². The zero-order chi connectivity index (χ0) is 15.2. The van der Waals surface area contributed by atoms with E-state index < -0.39 is 0 Å². The lowest BCUT2D eigenvalue weighted by Gasteiger charge is -2.20. The van der Waals surface area contributed by atoms with E-state index in [2.05, 4.69) is 33.3 Å². The van der Waals surface area contributed by atoms with Crippen molar-refractivity contribution in [3.8, 4) is 5.75 Å². The normalized spacial score (nSPS) is 12.6. The van der Waals surface area contributed by atoms with Gasteiger partial charge in [-0.2, -0.15) is 5.10 Å². The summed E-state index contributed by atoms with van der Waals surface area (Å²) in [6, 6.07) is 2.03. The average molecular weight is 374 g/mol. The highest BCUT2D eigenvalue weighted by Crippen LogP contribution is 2.37. The standard InChI is InChI=1S/C14H20BrN3O2S/c1-4-16-12(14-11(20-3)5-8-21-14)13-10(15)9-17-18(13)6-7-19-2/h5,8-9,12,16H,4,6-7H2,1-3H3. The predicted molar refractivity (Wildman–Crippen MR) is 88.2 cm³/mol. The molecule has 0 saturated carbocycles. The summed E-state index contributed by atoms with van der Waals surface area (Å²) in [6.45, 7) is 4.29. The number of nitrogens with one attached hydrogen (secondary N) is 1. The van der Waals surface area contributed by atoms with Gasteiger partial charge in [0.1, 0.15) is 5.75 Å². The highest BCUT2D eigenvalue weighted by atomic mass is 79.9. The summed E-state index contributed by atoms with van der Waals surface area (Å²) in [5.74, 6) is 0.900. The van der Waals surface area contributed by atoms with Gasteiger partial charge in [0.2, 0.25) is 0 Å². The van der Waals surface area contributed by atoms with Crippen LogP contribution in [0.5, 0.6) is 5.75 Å². The van der Waals surface area contributed by atoms with Crippen LogP contribution in [0.2, 0.25) is 0 Å². The number of methoxy groups -OCH3 is 2. The first kappa shape index (κ1) is 16.5. The quantitative estimate of drug-likeness (QED) is 0.772. The minimum atomic E-state index is 0.0404. The van der Waals surface area contributed by atoms with Gasteiger partial charge in [0.15, 0.2) is 0 Å². The molecule has 0 bridgehead atoms. The summed E-state index contributed by atoms with van der Waals surface area (Å²) in [4.78, 5) is 1.15. The minimum absolute atomic E-state index is 0.0404. The molecule has 5 nitrogen and oxygen atoms in total. The molecule has 0 aromatic carbocycles. The predicted octanol–water partition coefficient (Wildman–Crippen LogP) is 3.06. The van der Waals surface area contributed by atoms with Crippen molar-refractivity contribution in [2.75, 3.05) is 27.4 Å². The van der Waals surface area contributed by atoms with Crippen molar-refractivity contribution in [2.24, 2.45) is 0 Å². The Hall–Kier alpha value is -0.890. The summed E-state index contributed by atoms with van der Waals surface area (Å²) < 4.78 is 13.6. The van der Waals surface area contributed by atoms with Crippen molar-refractivity contribution < 1.29 is 9.47 Å². The number of halogens is 1. The Morgan fingerprint density at radius 3 is 2.95 bits per heavy atom. The number of hydrogen-bond acceptors (Lipinski definition) is 5. The van der Waals surface area contributed by atoms with Crippen molar-refractivity contribution in [3.05, 3.63) is 32.7 Å². The zero-order valence-corrected chi connectivity index (χ0v) is 14.8. The molecule has 0 radical (unpaired) electrons. The van der Waals surface area contributed by atoms with Crippen molar-refractivity contribution in [1.29, 1.82) is 0 Å². The van der Waals surface area contributed by atoms with Crippen molar-refractivity contribution in [2.45, 2.75) is 19.5 Å². The second-order valence-electron chi connectivity index (χ2n) is 4.44. The van der Waals surface area contributed by atoms with Crippen molar-refractivity contribution >= 4 is 27.3 Å². The van der Waals surface area contributed by atoms with Crippen molar-refractivity contribution in [3.63, 3.8) is 0 Å². The summed E-state index contributed by atoms with van der Waals surface area (Å²) >= 11 is 5.29. The van der Waals surface area contributed by atoms with Crippen LogP contribution >= 0.6 is 27.3 Å². The maximum absolute atomic E-state index is 5.47. The van der Waals surface area contributed by atoms with E-state index in [0.717, 1.165) is 27.3 Å². The molecule has 0 spiro atoms. The first-order chi connectivity index (χ1) is 10.2. The van der Waals surface area contributed by atoms with E-state index in [4.69, 9.17) is 9.47 Å². The van der Waals surface area contributed by atoms with Crippen LogP contribution in [-0.4, -0.2) is 37.2 Å². The molecule has 0 amide bonds. The lowest BCUT2D eigenvalue weighted by atomic mass is 10.1. The molecule has 21 heavy (non-hydrogen) atoms. The Morgan fingerprint density at radius 2 is 2.29 bits per heavy atom. The minimum Gasteiger partial charge on any atom is -0.496 e. The molecule has 1 unspecified atom stereocenters. The third-order valence-corrected chi connectivity index (χ3v) is 4.74. The van der Waals surface area contributed by atoms with E-state index in [9.17, 15) is 0 Å². The monoisotopic (exact) mass is 373 g/mol. The molecule has 116 valence electrons. The molecule has 2 aromatic heterocycles. The van der Waals surface area contributed by atoms with E-state index in [1.807, 2.05) is 22.3 Å². The van der Waals surface area contributed by atoms with Gasteiger partial charge in [-0.1, -0.05) is 6.92 Å². The number of rotatable bonds is 8. The van der Waals surface area contributed by atoms with Gasteiger partial charge in [-0.3, -0.25) is 4.68 Å². The molecule has 2 heterocycles. The lowest BCUT2D eigenvalue weighted by molar-refractivity contribution is 0.182. The molecule has 0 saturated heterocycles. The number of thiophene rings is 1. The maximum atomic E-state index is 5.47. The summed E-state index contributed by atoms with van der Waals surface area (Å²) in [5.41, 5.74) is 1.09. The average Bonchev–Trinajstić information content (AvgIpc) is 3.09. The van der Waals surface area contributed by atoms with Crippen LogP contribution in [-0.2, 0) is 11.3 Å². The van der Waals surface area contributed by atoms with E-state index in [-0.39, 0.29) is 6.04 Å². The van der Waals surface area contributed by atoms with Crippen LogP contribution in [0.3, 0.4) is 0 Å². The molecule has 1 N–H and O–H groups in total. The van der Waals surface area contributed by atoms with Crippen LogP contribution in [0, 0.1) is 0 Å². The van der Waals surface area contributed by atoms with Crippen LogP contribution < -0.4 is 10.1 Å². The maximum Gasteiger partial charge on any atom is 0.134 e. The smallest absolute Gasteiger partial charge is 0.134 e. The Morgan fingerprint density at radius 1 is 1.48 bits per heavy atom. The van der Waals surface area contributed by atoms with Gasteiger partial charge in [0.05, 0.1) is 47.5 Å². The highest BCUT2D eigenvalue weighted by molar-refractivity contribution is 9.10. The number of ether oxygens (including phenoxy) is 2. The fraction of sp³-hybridized carbons (Fsp3) is 0.500.